The molecule has 23 heavy (non-hydrogen) atoms. The molecule has 0 saturated heterocycles. The lowest BCUT2D eigenvalue weighted by atomic mass is 10.1. The number of pyridine rings is 1. The minimum absolute atomic E-state index is 0.137. The number of rotatable bonds is 4. The summed E-state index contributed by atoms with van der Waals surface area (Å²) < 4.78 is 28.7. The minimum atomic E-state index is -0.855. The van der Waals surface area contributed by atoms with Crippen molar-refractivity contribution in [2.24, 2.45) is 0 Å². The van der Waals surface area contributed by atoms with Crippen LogP contribution in [0.2, 0.25) is 0 Å². The van der Waals surface area contributed by atoms with Crippen LogP contribution in [0.3, 0.4) is 0 Å². The highest BCUT2D eigenvalue weighted by molar-refractivity contribution is 5.94. The molecule has 1 aromatic carbocycles. The van der Waals surface area contributed by atoms with E-state index in [0.29, 0.717) is 6.54 Å². The number of aromatic nitrogens is 2. The largest absolute Gasteiger partial charge is 0.333 e. The smallest absolute Gasteiger partial charge is 0.257 e. The van der Waals surface area contributed by atoms with Crippen molar-refractivity contribution in [2.45, 2.75) is 13.5 Å². The first-order chi connectivity index (χ1) is 11.1. The van der Waals surface area contributed by atoms with Crippen LogP contribution in [-0.2, 0) is 6.54 Å². The Balaban J connectivity index is 1.89. The van der Waals surface area contributed by atoms with Crippen molar-refractivity contribution in [1.29, 1.82) is 0 Å². The predicted octanol–water partition coefficient (Wildman–Crippen LogP) is 3.27. The maximum Gasteiger partial charge on any atom is 0.257 e. The molecule has 0 atom stereocenters. The van der Waals surface area contributed by atoms with E-state index in [1.807, 2.05) is 35.7 Å². The summed E-state index contributed by atoms with van der Waals surface area (Å²) in [4.78, 5) is 18.3. The first-order valence-corrected chi connectivity index (χ1v) is 7.25. The summed E-state index contributed by atoms with van der Waals surface area (Å²) in [5, 5.41) is 0. The number of imidazole rings is 1. The fourth-order valence-electron chi connectivity index (χ4n) is 2.46. The summed E-state index contributed by atoms with van der Waals surface area (Å²) in [6.07, 6.45) is 3.54. The van der Waals surface area contributed by atoms with E-state index in [-0.39, 0.29) is 12.1 Å². The number of fused-ring (bicyclic) bond motifs is 1. The fourth-order valence-corrected chi connectivity index (χ4v) is 2.46. The van der Waals surface area contributed by atoms with Crippen molar-refractivity contribution in [3.05, 3.63) is 71.7 Å². The molecule has 0 saturated carbocycles. The van der Waals surface area contributed by atoms with Crippen molar-refractivity contribution in [3.63, 3.8) is 0 Å². The Morgan fingerprint density at radius 2 is 2.09 bits per heavy atom. The summed E-state index contributed by atoms with van der Waals surface area (Å²) in [5.41, 5.74) is 1.46. The second-order valence-corrected chi connectivity index (χ2v) is 5.12. The summed E-state index contributed by atoms with van der Waals surface area (Å²) in [5.74, 6) is -2.04. The molecule has 0 fully saturated rings. The summed E-state index contributed by atoms with van der Waals surface area (Å²) >= 11 is 0. The lowest BCUT2D eigenvalue weighted by molar-refractivity contribution is 0.0745. The third-order valence-corrected chi connectivity index (χ3v) is 3.68. The van der Waals surface area contributed by atoms with Gasteiger partial charge >= 0.3 is 0 Å². The van der Waals surface area contributed by atoms with Gasteiger partial charge in [0.1, 0.15) is 17.3 Å². The molecule has 4 nitrogen and oxygen atoms in total. The highest BCUT2D eigenvalue weighted by Crippen LogP contribution is 2.15. The molecule has 0 aliphatic carbocycles. The van der Waals surface area contributed by atoms with Crippen molar-refractivity contribution in [3.8, 4) is 0 Å². The highest BCUT2D eigenvalue weighted by Gasteiger charge is 2.20. The molecule has 3 rings (SSSR count). The van der Waals surface area contributed by atoms with E-state index in [1.165, 1.54) is 11.0 Å². The van der Waals surface area contributed by atoms with Crippen molar-refractivity contribution >= 4 is 11.6 Å². The van der Waals surface area contributed by atoms with Gasteiger partial charge in [-0.3, -0.25) is 4.79 Å². The third kappa shape index (κ3) is 2.92. The van der Waals surface area contributed by atoms with Crippen LogP contribution in [0.5, 0.6) is 0 Å². The highest BCUT2D eigenvalue weighted by atomic mass is 19.1. The molecule has 2 aromatic heterocycles. The van der Waals surface area contributed by atoms with Crippen LogP contribution in [0.15, 0.2) is 48.8 Å². The normalized spacial score (nSPS) is 10.9. The van der Waals surface area contributed by atoms with Crippen molar-refractivity contribution in [1.82, 2.24) is 14.3 Å². The van der Waals surface area contributed by atoms with Gasteiger partial charge in [-0.25, -0.2) is 13.8 Å². The zero-order valence-electron chi connectivity index (χ0n) is 12.5. The predicted molar refractivity (Wildman–Crippen MR) is 82.0 cm³/mol. The number of halogens is 2. The molecule has 2 heterocycles. The van der Waals surface area contributed by atoms with Gasteiger partial charge in [-0.2, -0.15) is 0 Å². The van der Waals surface area contributed by atoms with Crippen LogP contribution in [0.25, 0.3) is 5.65 Å². The van der Waals surface area contributed by atoms with Gasteiger partial charge in [-0.1, -0.05) is 6.07 Å². The van der Waals surface area contributed by atoms with Gasteiger partial charge in [0.05, 0.1) is 24.0 Å². The zero-order valence-corrected chi connectivity index (χ0v) is 12.5. The Hall–Kier alpha value is -2.76. The summed E-state index contributed by atoms with van der Waals surface area (Å²) in [6.45, 7) is 2.50. The number of benzene rings is 1. The third-order valence-electron chi connectivity index (χ3n) is 3.68. The standard InChI is InChI=1S/C17H15F2N3O/c1-2-21(17(23)14-7-6-12(18)9-15(14)19)11-13-10-20-16-5-3-4-8-22(13)16/h3-10H,2,11H2,1H3. The number of hydrogen-bond acceptors (Lipinski definition) is 2. The lowest BCUT2D eigenvalue weighted by Crippen LogP contribution is -2.31. The molecule has 118 valence electrons. The van der Waals surface area contributed by atoms with Crippen LogP contribution in [0, 0.1) is 11.6 Å². The Labute approximate surface area is 132 Å². The van der Waals surface area contributed by atoms with E-state index < -0.39 is 17.5 Å². The van der Waals surface area contributed by atoms with Gasteiger partial charge in [0.15, 0.2) is 0 Å². The topological polar surface area (TPSA) is 37.6 Å². The molecule has 0 N–H and O–H groups in total. The molecule has 0 aliphatic heterocycles. The van der Waals surface area contributed by atoms with Crippen molar-refractivity contribution in [2.75, 3.05) is 6.54 Å². The second kappa shape index (κ2) is 6.16. The molecule has 0 aliphatic rings. The average Bonchev–Trinajstić information content (AvgIpc) is 2.95. The van der Waals surface area contributed by atoms with E-state index in [0.717, 1.165) is 23.5 Å². The van der Waals surface area contributed by atoms with Crippen LogP contribution >= 0.6 is 0 Å². The Bertz CT molecular complexity index is 860. The van der Waals surface area contributed by atoms with Gasteiger partial charge in [0.25, 0.3) is 5.91 Å². The maximum absolute atomic E-state index is 13.8. The monoisotopic (exact) mass is 315 g/mol. The molecule has 1 amide bonds. The first-order valence-electron chi connectivity index (χ1n) is 7.25. The van der Waals surface area contributed by atoms with E-state index in [4.69, 9.17) is 0 Å². The van der Waals surface area contributed by atoms with E-state index >= 15 is 0 Å². The van der Waals surface area contributed by atoms with E-state index in [9.17, 15) is 13.6 Å². The molecule has 0 spiro atoms. The van der Waals surface area contributed by atoms with Gasteiger partial charge in [0, 0.05) is 18.8 Å². The van der Waals surface area contributed by atoms with Gasteiger partial charge < -0.3 is 9.30 Å². The number of carbonyl (C=O) groups is 1. The lowest BCUT2D eigenvalue weighted by Gasteiger charge is -2.21. The van der Waals surface area contributed by atoms with Gasteiger partial charge in [0.2, 0.25) is 0 Å². The maximum atomic E-state index is 13.8. The molecule has 0 radical (unpaired) electrons. The summed E-state index contributed by atoms with van der Waals surface area (Å²) in [6, 6.07) is 8.58. The van der Waals surface area contributed by atoms with E-state index in [1.54, 1.807) is 6.20 Å². The molecular formula is C17H15F2N3O. The number of carbonyl (C=O) groups excluding carboxylic acids is 1. The Kier molecular flexibility index (Phi) is 4.06. The van der Waals surface area contributed by atoms with Gasteiger partial charge in [-0.05, 0) is 31.2 Å². The molecule has 0 bridgehead atoms. The molecular weight excluding hydrogens is 300 g/mol. The number of hydrogen-bond donors (Lipinski definition) is 0. The quantitative estimate of drug-likeness (QED) is 0.741. The zero-order chi connectivity index (χ0) is 16.4. The molecule has 3 aromatic rings. The van der Waals surface area contributed by atoms with Crippen LogP contribution in [-0.4, -0.2) is 26.7 Å². The fraction of sp³-hybridized carbons (Fsp3) is 0.176. The molecule has 6 heteroatoms. The van der Waals surface area contributed by atoms with Crippen LogP contribution in [0.4, 0.5) is 8.78 Å². The van der Waals surface area contributed by atoms with Crippen LogP contribution in [0.1, 0.15) is 23.0 Å². The minimum Gasteiger partial charge on any atom is -0.333 e. The Morgan fingerprint density at radius 1 is 1.26 bits per heavy atom. The van der Waals surface area contributed by atoms with Crippen molar-refractivity contribution < 1.29 is 13.6 Å². The first kappa shape index (κ1) is 15.1. The number of amides is 1. The Morgan fingerprint density at radius 3 is 2.83 bits per heavy atom. The van der Waals surface area contributed by atoms with Crippen LogP contribution < -0.4 is 0 Å². The SMILES string of the molecule is CCN(Cc1cnc2ccccn12)C(=O)c1ccc(F)cc1F. The summed E-state index contributed by atoms with van der Waals surface area (Å²) in [7, 11) is 0. The second-order valence-electron chi connectivity index (χ2n) is 5.12. The molecule has 0 unspecified atom stereocenters. The van der Waals surface area contributed by atoms with Gasteiger partial charge in [-0.15, -0.1) is 0 Å². The number of nitrogens with zero attached hydrogens (tertiary/aromatic N) is 3. The van der Waals surface area contributed by atoms with E-state index in [2.05, 4.69) is 4.98 Å². The average molecular weight is 315 g/mol.